The van der Waals surface area contributed by atoms with E-state index in [-0.39, 0.29) is 59.5 Å². The summed E-state index contributed by atoms with van der Waals surface area (Å²) in [4.78, 5) is 65.5. The summed E-state index contributed by atoms with van der Waals surface area (Å²) in [7, 11) is 0. The standard InChI is InChI=1S/C54H56F2N8O7/c1-3-40-41(32-62-49(57)47(40)34-14-18-39(65)19-15-34)37-16-20-42(61-31-37)51(68)60-28-23-46(66)58-26-8-6-4-5-7-9-27-59-50(67)36-12-10-11-35(29-36)48-33(2)13-22-45(63-48)64-52(69)53(24-25-53)38-17-21-43-44(30-38)71-54(55,56)70-43/h10-22,29-32,65H,3-9,23-28H2,1-2H3,(H2,57,62)(H,58,66)(H,59,67)(H,60,68)(H,63,64,69). The normalized spacial score (nSPS) is 13.8. The third-order valence-corrected chi connectivity index (χ3v) is 12.8. The number of unbranched alkanes of at least 4 members (excludes halogenated alkanes) is 5. The molecule has 0 bridgehead atoms. The fourth-order valence-corrected chi connectivity index (χ4v) is 8.73. The minimum Gasteiger partial charge on any atom is -0.508 e. The lowest BCUT2D eigenvalue weighted by Gasteiger charge is -2.17. The molecule has 4 heterocycles. The Labute approximate surface area is 410 Å². The van der Waals surface area contributed by atoms with Crippen LogP contribution in [-0.2, 0) is 21.4 Å². The van der Waals surface area contributed by atoms with Gasteiger partial charge in [0.2, 0.25) is 11.8 Å². The van der Waals surface area contributed by atoms with Gasteiger partial charge in [0.15, 0.2) is 11.5 Å². The first kappa shape index (κ1) is 49.5. The summed E-state index contributed by atoms with van der Waals surface area (Å²) in [6.07, 6.45) is 6.99. The number of nitrogen functional groups attached to an aromatic ring is 1. The predicted molar refractivity (Wildman–Crippen MR) is 265 cm³/mol. The van der Waals surface area contributed by atoms with Crippen molar-refractivity contribution in [1.82, 2.24) is 30.9 Å². The van der Waals surface area contributed by atoms with Gasteiger partial charge in [-0.25, -0.2) is 9.97 Å². The third-order valence-electron chi connectivity index (χ3n) is 12.8. The zero-order chi connectivity index (χ0) is 50.1. The number of anilines is 2. The van der Waals surface area contributed by atoms with Gasteiger partial charge in [-0.2, -0.15) is 0 Å². The van der Waals surface area contributed by atoms with Crippen LogP contribution in [0.25, 0.3) is 33.5 Å². The summed E-state index contributed by atoms with van der Waals surface area (Å²) in [5, 5.41) is 21.3. The number of phenols is 1. The molecule has 17 heteroatoms. The lowest BCUT2D eigenvalue weighted by Crippen LogP contribution is -2.31. The molecule has 0 atom stereocenters. The summed E-state index contributed by atoms with van der Waals surface area (Å²) in [5.41, 5.74) is 13.0. The number of alkyl halides is 2. The number of rotatable bonds is 21. The smallest absolute Gasteiger partial charge is 0.508 e. The minimum absolute atomic E-state index is 0.0811. The van der Waals surface area contributed by atoms with Gasteiger partial charge in [0.1, 0.15) is 23.1 Å². The van der Waals surface area contributed by atoms with E-state index in [1.165, 1.54) is 12.1 Å². The highest BCUT2D eigenvalue weighted by molar-refractivity contribution is 6.01. The second-order valence-corrected chi connectivity index (χ2v) is 17.8. The number of phenolic OH excluding ortho intramolecular Hbond substituents is 1. The molecule has 1 aliphatic heterocycles. The van der Waals surface area contributed by atoms with E-state index < -0.39 is 11.7 Å². The first-order chi connectivity index (χ1) is 34.2. The number of carbonyl (C=O) groups excluding carboxylic acids is 4. The maximum absolute atomic E-state index is 13.6. The van der Waals surface area contributed by atoms with Crippen LogP contribution >= 0.6 is 0 Å². The molecule has 0 unspecified atom stereocenters. The summed E-state index contributed by atoms with van der Waals surface area (Å²) < 4.78 is 36.3. The Balaban J connectivity index is 0.696. The summed E-state index contributed by atoms with van der Waals surface area (Å²) in [6.45, 7) is 5.16. The molecule has 1 saturated carbocycles. The molecule has 3 aromatic carbocycles. The third kappa shape index (κ3) is 11.9. The number of nitrogens with one attached hydrogen (secondary N) is 4. The number of ether oxygens (including phenoxy) is 2. The second-order valence-electron chi connectivity index (χ2n) is 17.8. The molecule has 8 rings (SSSR count). The second kappa shape index (κ2) is 21.8. The Bertz CT molecular complexity index is 2930. The number of hydrogen-bond acceptors (Lipinski definition) is 11. The number of fused-ring (bicyclic) bond motifs is 1. The number of hydrogen-bond donors (Lipinski definition) is 6. The maximum atomic E-state index is 13.6. The first-order valence-electron chi connectivity index (χ1n) is 23.9. The van der Waals surface area contributed by atoms with Crippen molar-refractivity contribution in [2.45, 2.75) is 89.8 Å². The van der Waals surface area contributed by atoms with Crippen LogP contribution in [0.3, 0.4) is 0 Å². The summed E-state index contributed by atoms with van der Waals surface area (Å²) in [6, 6.07) is 25.4. The summed E-state index contributed by atoms with van der Waals surface area (Å²) in [5.74, 6) is -0.353. The maximum Gasteiger partial charge on any atom is 0.586 e. The highest BCUT2D eigenvalue weighted by Gasteiger charge is 2.53. The van der Waals surface area contributed by atoms with Gasteiger partial charge in [0.25, 0.3) is 11.8 Å². The van der Waals surface area contributed by atoms with E-state index in [0.717, 1.165) is 71.9 Å². The molecular weight excluding hydrogens is 911 g/mol. The van der Waals surface area contributed by atoms with Crippen molar-refractivity contribution in [3.05, 3.63) is 131 Å². The van der Waals surface area contributed by atoms with Gasteiger partial charge in [0.05, 0.1) is 11.1 Å². The lowest BCUT2D eigenvalue weighted by atomic mass is 9.92. The number of aromatic hydroxyl groups is 1. The Morgan fingerprint density at radius 3 is 2.15 bits per heavy atom. The molecule has 4 amide bonds. The van der Waals surface area contributed by atoms with Crippen molar-refractivity contribution in [1.29, 1.82) is 0 Å². The van der Waals surface area contributed by atoms with Crippen LogP contribution in [0.15, 0.2) is 103 Å². The number of benzene rings is 3. The van der Waals surface area contributed by atoms with Crippen molar-refractivity contribution in [3.8, 4) is 50.8 Å². The molecule has 6 aromatic rings. The molecule has 3 aromatic heterocycles. The molecule has 0 saturated heterocycles. The van der Waals surface area contributed by atoms with E-state index in [0.29, 0.717) is 66.4 Å². The molecule has 71 heavy (non-hydrogen) atoms. The van der Waals surface area contributed by atoms with Gasteiger partial charge in [-0.05, 0) is 110 Å². The molecule has 2 aliphatic rings. The molecule has 7 N–H and O–H groups in total. The molecule has 0 spiro atoms. The Morgan fingerprint density at radius 2 is 1.44 bits per heavy atom. The van der Waals surface area contributed by atoms with Gasteiger partial charge in [0, 0.05) is 66.3 Å². The largest absolute Gasteiger partial charge is 0.586 e. The number of nitrogens with two attached hydrogens (primary N) is 1. The van der Waals surface area contributed by atoms with E-state index >= 15 is 0 Å². The van der Waals surface area contributed by atoms with Gasteiger partial charge < -0.3 is 41.6 Å². The SMILES string of the molecule is CCc1c(-c2ccc(C(=O)NCCC(=O)NCCCCCCCCNC(=O)c3cccc(-c4nc(NC(=O)C5(c6ccc7c(c6)OC(F)(F)O7)CC5)ccc4C)c3)nc2)cnc(N)c1-c1ccc(O)cc1. The van der Waals surface area contributed by atoms with Gasteiger partial charge >= 0.3 is 6.29 Å². The van der Waals surface area contributed by atoms with E-state index in [2.05, 4.69) is 40.7 Å². The van der Waals surface area contributed by atoms with Crippen LogP contribution in [-0.4, -0.2) is 69.6 Å². The Hall–Kier alpha value is -7.95. The predicted octanol–water partition coefficient (Wildman–Crippen LogP) is 9.03. The quantitative estimate of drug-likeness (QED) is 0.0374. The highest BCUT2D eigenvalue weighted by atomic mass is 19.3. The number of carbonyl (C=O) groups is 4. The molecule has 1 aliphatic carbocycles. The highest BCUT2D eigenvalue weighted by Crippen LogP contribution is 2.52. The molecule has 1 fully saturated rings. The van der Waals surface area contributed by atoms with Crippen molar-refractivity contribution >= 4 is 35.3 Å². The van der Waals surface area contributed by atoms with Crippen molar-refractivity contribution in [2.75, 3.05) is 30.7 Å². The monoisotopic (exact) mass is 966 g/mol. The molecule has 0 radical (unpaired) electrons. The fourth-order valence-electron chi connectivity index (χ4n) is 8.73. The van der Waals surface area contributed by atoms with Crippen molar-refractivity contribution < 1.29 is 42.5 Å². The number of pyridine rings is 3. The van der Waals surface area contributed by atoms with Crippen LogP contribution < -0.4 is 36.5 Å². The average Bonchev–Trinajstić information content (AvgIpc) is 4.12. The molecule has 15 nitrogen and oxygen atoms in total. The van der Waals surface area contributed by atoms with Crippen molar-refractivity contribution in [3.63, 3.8) is 0 Å². The van der Waals surface area contributed by atoms with Crippen LogP contribution in [0.5, 0.6) is 17.2 Å². The van der Waals surface area contributed by atoms with Gasteiger partial charge in [-0.15, -0.1) is 8.78 Å². The number of aromatic nitrogens is 3. The fraction of sp³-hybridized carbons (Fsp3) is 0.315. The zero-order valence-corrected chi connectivity index (χ0v) is 39.6. The molecular formula is C54H56F2N8O7. The van der Waals surface area contributed by atoms with Crippen LogP contribution in [0.2, 0.25) is 0 Å². The minimum atomic E-state index is -3.75. The summed E-state index contributed by atoms with van der Waals surface area (Å²) >= 11 is 0. The Kier molecular flexibility index (Phi) is 15.2. The van der Waals surface area contributed by atoms with Crippen LogP contribution in [0.4, 0.5) is 20.4 Å². The first-order valence-corrected chi connectivity index (χ1v) is 23.9. The van der Waals surface area contributed by atoms with Crippen LogP contribution in [0, 0.1) is 6.92 Å². The number of halogens is 2. The van der Waals surface area contributed by atoms with Crippen LogP contribution in [0.1, 0.15) is 102 Å². The lowest BCUT2D eigenvalue weighted by molar-refractivity contribution is -0.286. The number of aryl methyl sites for hydroxylation is 1. The van der Waals surface area contributed by atoms with Gasteiger partial charge in [-0.3, -0.25) is 24.2 Å². The zero-order valence-electron chi connectivity index (χ0n) is 39.6. The average molecular weight is 967 g/mol. The van der Waals surface area contributed by atoms with E-state index in [9.17, 15) is 33.1 Å². The Morgan fingerprint density at radius 1 is 0.732 bits per heavy atom. The number of amides is 4. The van der Waals surface area contributed by atoms with E-state index in [1.54, 1.807) is 73.1 Å². The molecule has 368 valence electrons. The van der Waals surface area contributed by atoms with E-state index in [4.69, 9.17) is 10.7 Å². The number of nitrogens with zero attached hydrogens (tertiary/aromatic N) is 3. The topological polar surface area (TPSA) is 220 Å². The van der Waals surface area contributed by atoms with E-state index in [1.807, 2.05) is 32.0 Å². The van der Waals surface area contributed by atoms with Crippen molar-refractivity contribution in [2.24, 2.45) is 0 Å². The van der Waals surface area contributed by atoms with Gasteiger partial charge in [-0.1, -0.05) is 75.1 Å².